The summed E-state index contributed by atoms with van der Waals surface area (Å²) in [4.78, 5) is 16.0. The van der Waals surface area contributed by atoms with Crippen molar-refractivity contribution in [1.29, 1.82) is 0 Å². The fourth-order valence-electron chi connectivity index (χ4n) is 1.80. The van der Waals surface area contributed by atoms with Gasteiger partial charge in [0.05, 0.1) is 12.6 Å². The lowest BCUT2D eigenvalue weighted by atomic mass is 10.2. The summed E-state index contributed by atoms with van der Waals surface area (Å²) in [7, 11) is 1.34. The van der Waals surface area contributed by atoms with E-state index in [0.717, 1.165) is 10.3 Å². The monoisotopic (exact) mass is 311 g/mol. The van der Waals surface area contributed by atoms with Crippen molar-refractivity contribution in [2.24, 2.45) is 5.73 Å². The number of fused-ring (bicyclic) bond motifs is 1. The van der Waals surface area contributed by atoms with Crippen LogP contribution in [0.25, 0.3) is 5.52 Å². The normalized spacial score (nSPS) is 12.7. The van der Waals surface area contributed by atoms with E-state index in [1.54, 1.807) is 0 Å². The minimum Gasteiger partial charge on any atom is -0.464 e. The molecule has 0 radical (unpaired) electrons. The molecule has 2 rings (SSSR count). The molecule has 0 fully saturated rings. The maximum Gasteiger partial charge on any atom is 0.358 e. The summed E-state index contributed by atoms with van der Waals surface area (Å²) in [5, 5.41) is 0. The van der Waals surface area contributed by atoms with E-state index < -0.39 is 5.97 Å². The van der Waals surface area contributed by atoms with Crippen LogP contribution in [0.4, 0.5) is 0 Å². The van der Waals surface area contributed by atoms with Gasteiger partial charge in [0.2, 0.25) is 0 Å². The summed E-state index contributed by atoms with van der Waals surface area (Å²) < 4.78 is 7.48. The Labute approximate surface area is 113 Å². The van der Waals surface area contributed by atoms with Crippen molar-refractivity contribution in [3.05, 3.63) is 34.3 Å². The molecule has 2 N–H and O–H groups in total. The average Bonchev–Trinajstić information content (AvgIpc) is 2.65. The van der Waals surface area contributed by atoms with Crippen molar-refractivity contribution in [2.75, 3.05) is 7.11 Å². The number of rotatable bonds is 3. The third-order valence-electron chi connectivity index (χ3n) is 2.56. The van der Waals surface area contributed by atoms with Crippen molar-refractivity contribution in [2.45, 2.75) is 19.4 Å². The Morgan fingerprint density at radius 2 is 2.39 bits per heavy atom. The molecule has 96 valence electrons. The Bertz CT molecular complexity index is 592. The van der Waals surface area contributed by atoms with Gasteiger partial charge in [0.1, 0.15) is 5.82 Å². The molecule has 0 aliphatic rings. The fraction of sp³-hybridized carbons (Fsp3) is 0.333. The smallest absolute Gasteiger partial charge is 0.358 e. The SMILES string of the molecule is COC(=O)c1nc(CC(C)N)n2ccc(Br)cc12. The van der Waals surface area contributed by atoms with Gasteiger partial charge >= 0.3 is 5.97 Å². The van der Waals surface area contributed by atoms with E-state index in [9.17, 15) is 4.79 Å². The Morgan fingerprint density at radius 1 is 1.67 bits per heavy atom. The first-order valence-electron chi connectivity index (χ1n) is 5.53. The van der Waals surface area contributed by atoms with Crippen LogP contribution in [0.2, 0.25) is 0 Å². The van der Waals surface area contributed by atoms with E-state index >= 15 is 0 Å². The highest BCUT2D eigenvalue weighted by Gasteiger charge is 2.18. The molecule has 2 aromatic heterocycles. The Hall–Kier alpha value is -1.40. The van der Waals surface area contributed by atoms with E-state index in [0.29, 0.717) is 17.6 Å². The number of carbonyl (C=O) groups excluding carboxylic acids is 1. The lowest BCUT2D eigenvalue weighted by Crippen LogP contribution is -2.19. The number of imidazole rings is 1. The maximum atomic E-state index is 11.7. The zero-order valence-electron chi connectivity index (χ0n) is 10.2. The number of nitrogens with zero attached hydrogens (tertiary/aromatic N) is 2. The number of esters is 1. The predicted octanol–water partition coefficient (Wildman–Crippen LogP) is 1.77. The second-order valence-corrected chi connectivity index (χ2v) is 5.07. The van der Waals surface area contributed by atoms with Crippen LogP contribution in [-0.2, 0) is 11.2 Å². The van der Waals surface area contributed by atoms with Gasteiger partial charge in [-0.1, -0.05) is 15.9 Å². The first kappa shape index (κ1) is 13.0. The van der Waals surface area contributed by atoms with E-state index in [-0.39, 0.29) is 6.04 Å². The number of halogens is 1. The summed E-state index contributed by atoms with van der Waals surface area (Å²) in [6.45, 7) is 1.90. The van der Waals surface area contributed by atoms with Crippen molar-refractivity contribution in [1.82, 2.24) is 9.38 Å². The van der Waals surface area contributed by atoms with Gasteiger partial charge in [0.25, 0.3) is 0 Å². The lowest BCUT2D eigenvalue weighted by molar-refractivity contribution is 0.0597. The van der Waals surface area contributed by atoms with Gasteiger partial charge in [0, 0.05) is 23.1 Å². The van der Waals surface area contributed by atoms with Crippen molar-refractivity contribution in [3.63, 3.8) is 0 Å². The summed E-state index contributed by atoms with van der Waals surface area (Å²) >= 11 is 3.38. The third kappa shape index (κ3) is 2.39. The van der Waals surface area contributed by atoms with Gasteiger partial charge in [-0.05, 0) is 19.1 Å². The molecule has 1 atom stereocenters. The second-order valence-electron chi connectivity index (χ2n) is 4.15. The minimum absolute atomic E-state index is 0.0234. The van der Waals surface area contributed by atoms with Crippen LogP contribution in [0.5, 0.6) is 0 Å². The number of methoxy groups -OCH3 is 1. The molecule has 1 unspecified atom stereocenters. The van der Waals surface area contributed by atoms with Crippen LogP contribution in [0.1, 0.15) is 23.2 Å². The molecule has 0 bridgehead atoms. The van der Waals surface area contributed by atoms with Crippen LogP contribution in [0.3, 0.4) is 0 Å². The number of hydrogen-bond acceptors (Lipinski definition) is 4. The molecule has 0 spiro atoms. The van der Waals surface area contributed by atoms with Gasteiger partial charge in [-0.3, -0.25) is 0 Å². The molecule has 18 heavy (non-hydrogen) atoms. The molecule has 0 saturated carbocycles. The van der Waals surface area contributed by atoms with Gasteiger partial charge in [-0.25, -0.2) is 9.78 Å². The standard InChI is InChI=1S/C12H14BrN3O2/c1-7(14)5-10-15-11(12(17)18-2)9-6-8(13)3-4-16(9)10/h3-4,6-7H,5,14H2,1-2H3. The zero-order valence-corrected chi connectivity index (χ0v) is 11.8. The Balaban J connectivity index is 2.63. The molecule has 0 saturated heterocycles. The van der Waals surface area contributed by atoms with E-state index in [1.807, 2.05) is 29.7 Å². The van der Waals surface area contributed by atoms with Crippen LogP contribution in [0.15, 0.2) is 22.8 Å². The molecule has 0 amide bonds. The van der Waals surface area contributed by atoms with Gasteiger partial charge in [0.15, 0.2) is 5.69 Å². The first-order valence-corrected chi connectivity index (χ1v) is 6.32. The van der Waals surface area contributed by atoms with Crippen molar-refractivity contribution < 1.29 is 9.53 Å². The van der Waals surface area contributed by atoms with Crippen LogP contribution in [0, 0.1) is 0 Å². The number of carbonyl (C=O) groups is 1. The van der Waals surface area contributed by atoms with Crippen molar-refractivity contribution >= 4 is 27.4 Å². The topological polar surface area (TPSA) is 69.6 Å². The number of hydrogen-bond donors (Lipinski definition) is 1. The Kier molecular flexibility index (Phi) is 3.68. The average molecular weight is 312 g/mol. The van der Waals surface area contributed by atoms with E-state index in [1.165, 1.54) is 7.11 Å². The maximum absolute atomic E-state index is 11.7. The molecule has 6 heteroatoms. The molecule has 0 aromatic carbocycles. The third-order valence-corrected chi connectivity index (χ3v) is 3.06. The number of ether oxygens (including phenoxy) is 1. The van der Waals surface area contributed by atoms with Gasteiger partial charge in [-0.15, -0.1) is 0 Å². The molecule has 0 aliphatic heterocycles. The first-order chi connectivity index (χ1) is 8.52. The van der Waals surface area contributed by atoms with E-state index in [4.69, 9.17) is 10.5 Å². The summed E-state index contributed by atoms with van der Waals surface area (Å²) in [5.41, 5.74) is 6.81. The highest BCUT2D eigenvalue weighted by atomic mass is 79.9. The largest absolute Gasteiger partial charge is 0.464 e. The number of nitrogens with two attached hydrogens (primary N) is 1. The molecule has 2 aromatic rings. The fourth-order valence-corrected chi connectivity index (χ4v) is 2.14. The van der Waals surface area contributed by atoms with Crippen LogP contribution >= 0.6 is 15.9 Å². The quantitative estimate of drug-likeness (QED) is 0.877. The molecular formula is C12H14BrN3O2. The van der Waals surface area contributed by atoms with Crippen LogP contribution < -0.4 is 5.73 Å². The van der Waals surface area contributed by atoms with E-state index in [2.05, 4.69) is 20.9 Å². The predicted molar refractivity (Wildman–Crippen MR) is 71.6 cm³/mol. The minimum atomic E-state index is -0.443. The Morgan fingerprint density at radius 3 is 3.00 bits per heavy atom. The molecule has 5 nitrogen and oxygen atoms in total. The summed E-state index contributed by atoms with van der Waals surface area (Å²) in [6.07, 6.45) is 2.45. The number of pyridine rings is 1. The van der Waals surface area contributed by atoms with Gasteiger partial charge in [-0.2, -0.15) is 0 Å². The highest BCUT2D eigenvalue weighted by Crippen LogP contribution is 2.20. The summed E-state index contributed by atoms with van der Waals surface area (Å²) in [5.74, 6) is 0.314. The van der Waals surface area contributed by atoms with Crippen molar-refractivity contribution in [3.8, 4) is 0 Å². The highest BCUT2D eigenvalue weighted by molar-refractivity contribution is 9.10. The zero-order chi connectivity index (χ0) is 13.3. The molecule has 0 aliphatic carbocycles. The number of aromatic nitrogens is 2. The lowest BCUT2D eigenvalue weighted by Gasteiger charge is -2.03. The second kappa shape index (κ2) is 5.07. The molecule has 2 heterocycles. The van der Waals surface area contributed by atoms with Gasteiger partial charge < -0.3 is 14.9 Å². The van der Waals surface area contributed by atoms with Crippen LogP contribution in [-0.4, -0.2) is 28.5 Å². The summed E-state index contributed by atoms with van der Waals surface area (Å²) in [6, 6.07) is 3.70. The molecular weight excluding hydrogens is 298 g/mol.